The topological polar surface area (TPSA) is 82.5 Å². The Morgan fingerprint density at radius 3 is 2.80 bits per heavy atom. The summed E-state index contributed by atoms with van der Waals surface area (Å²) in [5, 5.41) is 10.4. The van der Waals surface area contributed by atoms with Gasteiger partial charge in [0.1, 0.15) is 5.82 Å². The van der Waals surface area contributed by atoms with E-state index in [0.29, 0.717) is 23.7 Å². The van der Waals surface area contributed by atoms with Crippen molar-refractivity contribution in [2.24, 2.45) is 5.73 Å². The second kappa shape index (κ2) is 4.82. The molecule has 104 valence electrons. The molecule has 2 aliphatic carbocycles. The minimum atomic E-state index is 0.429. The predicted octanol–water partition coefficient (Wildman–Crippen LogP) is 1.89. The Morgan fingerprint density at radius 1 is 1.25 bits per heavy atom. The number of hydrogen-bond donors (Lipinski definition) is 1. The molecule has 0 aromatic carbocycles. The Kier molecular flexibility index (Phi) is 2.96. The van der Waals surface area contributed by atoms with E-state index in [1.165, 1.54) is 37.4 Å². The molecule has 7 heteroatoms. The summed E-state index contributed by atoms with van der Waals surface area (Å²) in [4.78, 5) is 8.71. The highest BCUT2D eigenvalue weighted by molar-refractivity contribution is 7.99. The molecule has 0 bridgehead atoms. The van der Waals surface area contributed by atoms with E-state index >= 15 is 0 Å². The lowest BCUT2D eigenvalue weighted by Gasteiger charge is -2.07. The van der Waals surface area contributed by atoms with Crippen LogP contribution in [0.25, 0.3) is 0 Å². The molecule has 0 amide bonds. The molecule has 0 aliphatic heterocycles. The summed E-state index contributed by atoms with van der Waals surface area (Å²) >= 11 is 1.49. The van der Waals surface area contributed by atoms with E-state index in [2.05, 4.69) is 24.7 Å². The van der Waals surface area contributed by atoms with Crippen LogP contribution >= 0.6 is 11.8 Å². The lowest BCUT2D eigenvalue weighted by atomic mass is 10.4. The lowest BCUT2D eigenvalue weighted by Crippen LogP contribution is -2.03. The zero-order chi connectivity index (χ0) is 13.5. The van der Waals surface area contributed by atoms with Crippen LogP contribution < -0.4 is 5.73 Å². The van der Waals surface area contributed by atoms with Gasteiger partial charge in [-0.05, 0) is 43.5 Å². The quantitative estimate of drug-likeness (QED) is 0.846. The van der Waals surface area contributed by atoms with Gasteiger partial charge < -0.3 is 10.3 Å². The van der Waals surface area contributed by atoms with Gasteiger partial charge >= 0.3 is 0 Å². The SMILES string of the molecule is NCc1ccnc(Sc2nnc(C3CC3)n2C2CC2)n1. The maximum atomic E-state index is 5.62. The van der Waals surface area contributed by atoms with Gasteiger partial charge in [-0.2, -0.15) is 0 Å². The molecule has 2 saturated carbocycles. The molecule has 2 aromatic heterocycles. The van der Waals surface area contributed by atoms with Gasteiger partial charge in [0, 0.05) is 24.7 Å². The van der Waals surface area contributed by atoms with E-state index < -0.39 is 0 Å². The summed E-state index contributed by atoms with van der Waals surface area (Å²) < 4.78 is 2.31. The summed E-state index contributed by atoms with van der Waals surface area (Å²) in [5.41, 5.74) is 6.47. The van der Waals surface area contributed by atoms with Crippen molar-refractivity contribution in [2.45, 2.75) is 54.5 Å². The number of nitrogens with zero attached hydrogens (tertiary/aromatic N) is 5. The molecule has 2 aromatic rings. The van der Waals surface area contributed by atoms with Crippen LogP contribution in [0.2, 0.25) is 0 Å². The third kappa shape index (κ3) is 2.31. The van der Waals surface area contributed by atoms with Gasteiger partial charge in [0.15, 0.2) is 10.3 Å². The standard InChI is InChI=1S/C13H16N6S/c14-7-9-5-6-15-12(16-9)20-13-18-17-11(8-1-2-8)19(13)10-3-4-10/h5-6,8,10H,1-4,7,14H2. The molecule has 4 rings (SSSR count). The molecule has 6 nitrogen and oxygen atoms in total. The summed E-state index contributed by atoms with van der Waals surface area (Å²) in [7, 11) is 0. The molecule has 0 spiro atoms. The van der Waals surface area contributed by atoms with Gasteiger partial charge in [0.05, 0.1) is 5.69 Å². The zero-order valence-corrected chi connectivity index (χ0v) is 11.9. The maximum absolute atomic E-state index is 5.62. The third-order valence-electron chi connectivity index (χ3n) is 3.63. The van der Waals surface area contributed by atoms with Gasteiger partial charge in [0.2, 0.25) is 0 Å². The van der Waals surface area contributed by atoms with Crippen molar-refractivity contribution in [3.8, 4) is 0 Å². The molecule has 0 saturated heterocycles. The highest BCUT2D eigenvalue weighted by atomic mass is 32.2. The molecule has 2 N–H and O–H groups in total. The van der Waals surface area contributed by atoms with E-state index in [4.69, 9.17) is 5.73 Å². The number of hydrogen-bond acceptors (Lipinski definition) is 6. The average Bonchev–Trinajstić information content (AvgIpc) is 3.38. The average molecular weight is 288 g/mol. The van der Waals surface area contributed by atoms with Gasteiger partial charge in [-0.1, -0.05) is 0 Å². The summed E-state index contributed by atoms with van der Waals surface area (Å²) in [5.74, 6) is 1.78. The molecule has 2 fully saturated rings. The minimum absolute atomic E-state index is 0.429. The van der Waals surface area contributed by atoms with Crippen molar-refractivity contribution in [1.82, 2.24) is 24.7 Å². The fourth-order valence-corrected chi connectivity index (χ4v) is 3.14. The van der Waals surface area contributed by atoms with E-state index in [0.717, 1.165) is 16.7 Å². The Hall–Kier alpha value is -1.47. The Labute approximate surface area is 121 Å². The van der Waals surface area contributed by atoms with Crippen molar-refractivity contribution in [2.75, 3.05) is 0 Å². The number of aromatic nitrogens is 5. The molecule has 0 unspecified atom stereocenters. The summed E-state index contributed by atoms with van der Waals surface area (Å²) in [6.45, 7) is 0.429. The number of rotatable bonds is 5. The van der Waals surface area contributed by atoms with Gasteiger partial charge in [-0.15, -0.1) is 10.2 Å². The van der Waals surface area contributed by atoms with E-state index in [-0.39, 0.29) is 0 Å². The fourth-order valence-electron chi connectivity index (χ4n) is 2.27. The van der Waals surface area contributed by atoms with Crippen LogP contribution in [-0.4, -0.2) is 24.7 Å². The fraction of sp³-hybridized carbons (Fsp3) is 0.538. The van der Waals surface area contributed by atoms with Crippen molar-refractivity contribution in [1.29, 1.82) is 0 Å². The van der Waals surface area contributed by atoms with Crippen LogP contribution in [0.5, 0.6) is 0 Å². The second-order valence-electron chi connectivity index (χ2n) is 5.35. The third-order valence-corrected chi connectivity index (χ3v) is 4.47. The van der Waals surface area contributed by atoms with Crippen molar-refractivity contribution >= 4 is 11.8 Å². The Balaban J connectivity index is 1.64. The molecular formula is C13H16N6S. The first-order valence-electron chi connectivity index (χ1n) is 7.00. The van der Waals surface area contributed by atoms with E-state index in [1.807, 2.05) is 6.07 Å². The Morgan fingerprint density at radius 2 is 2.10 bits per heavy atom. The Bertz CT molecular complexity index is 632. The summed E-state index contributed by atoms with van der Waals surface area (Å²) in [6.07, 6.45) is 6.70. The first-order chi connectivity index (χ1) is 9.85. The molecule has 20 heavy (non-hydrogen) atoms. The molecule has 2 aliphatic rings. The monoisotopic (exact) mass is 288 g/mol. The predicted molar refractivity (Wildman–Crippen MR) is 74.3 cm³/mol. The highest BCUT2D eigenvalue weighted by Gasteiger charge is 2.36. The minimum Gasteiger partial charge on any atom is -0.325 e. The van der Waals surface area contributed by atoms with Crippen LogP contribution in [0.3, 0.4) is 0 Å². The number of nitrogens with two attached hydrogens (primary N) is 1. The maximum Gasteiger partial charge on any atom is 0.199 e. The molecular weight excluding hydrogens is 272 g/mol. The van der Waals surface area contributed by atoms with Crippen molar-refractivity contribution in [3.05, 3.63) is 23.8 Å². The highest BCUT2D eigenvalue weighted by Crippen LogP contribution is 2.46. The first-order valence-corrected chi connectivity index (χ1v) is 7.81. The van der Waals surface area contributed by atoms with Crippen LogP contribution in [0.4, 0.5) is 0 Å². The van der Waals surface area contributed by atoms with Gasteiger partial charge in [-0.3, -0.25) is 0 Å². The smallest absolute Gasteiger partial charge is 0.199 e. The largest absolute Gasteiger partial charge is 0.325 e. The molecule has 0 radical (unpaired) electrons. The summed E-state index contributed by atoms with van der Waals surface area (Å²) in [6, 6.07) is 2.42. The van der Waals surface area contributed by atoms with Crippen LogP contribution in [0, 0.1) is 0 Å². The van der Waals surface area contributed by atoms with Gasteiger partial charge in [-0.25, -0.2) is 9.97 Å². The van der Waals surface area contributed by atoms with Crippen molar-refractivity contribution in [3.63, 3.8) is 0 Å². The van der Waals surface area contributed by atoms with Crippen LogP contribution in [-0.2, 0) is 6.54 Å². The first kappa shape index (κ1) is 12.3. The van der Waals surface area contributed by atoms with Crippen molar-refractivity contribution < 1.29 is 0 Å². The van der Waals surface area contributed by atoms with Crippen LogP contribution in [0.15, 0.2) is 22.6 Å². The molecule has 0 atom stereocenters. The van der Waals surface area contributed by atoms with Gasteiger partial charge in [0.25, 0.3) is 0 Å². The van der Waals surface area contributed by atoms with Crippen LogP contribution in [0.1, 0.15) is 49.2 Å². The van der Waals surface area contributed by atoms with E-state index in [9.17, 15) is 0 Å². The zero-order valence-electron chi connectivity index (χ0n) is 11.1. The van der Waals surface area contributed by atoms with E-state index in [1.54, 1.807) is 6.20 Å². The molecule has 2 heterocycles. The lowest BCUT2D eigenvalue weighted by molar-refractivity contribution is 0.626. The normalized spacial score (nSPS) is 18.4. The second-order valence-corrected chi connectivity index (χ2v) is 6.29.